The molecule has 13 rings (SSSR count). The largest absolute Gasteiger partial charge is 0.312 e. The number of rotatable bonds is 0. The van der Waals surface area contributed by atoms with E-state index in [0.717, 1.165) is 0 Å². The lowest BCUT2D eigenvalue weighted by molar-refractivity contribution is 0.590. The normalized spacial score (nSPS) is 14.9. The van der Waals surface area contributed by atoms with Gasteiger partial charge >= 0.3 is 0 Å². The highest BCUT2D eigenvalue weighted by Gasteiger charge is 2.49. The van der Waals surface area contributed by atoms with Crippen molar-refractivity contribution in [1.29, 1.82) is 0 Å². The number of fused-ring (bicyclic) bond motifs is 14. The number of aromatic nitrogens is 2. The van der Waals surface area contributed by atoms with Gasteiger partial charge in [0.2, 0.25) is 0 Å². The lowest BCUT2D eigenvalue weighted by Crippen LogP contribution is -2.67. The lowest BCUT2D eigenvalue weighted by atomic mass is 9.29. The molecule has 0 radical (unpaired) electrons. The van der Waals surface area contributed by atoms with Gasteiger partial charge in [0.15, 0.2) is 0 Å². The molecular weight excluding hydrogens is 760 g/mol. The highest BCUT2D eigenvalue weighted by atomic mass is 15.2. The summed E-state index contributed by atoms with van der Waals surface area (Å²) in [5, 5.41) is 5.44. The Morgan fingerprint density at radius 2 is 0.714 bits per heavy atom. The smallest absolute Gasteiger partial charge is 0.252 e. The highest BCUT2D eigenvalue weighted by Crippen LogP contribution is 2.46. The van der Waals surface area contributed by atoms with Crippen molar-refractivity contribution in [2.24, 2.45) is 0 Å². The molecule has 0 atom stereocenters. The molecule has 63 heavy (non-hydrogen) atoms. The Hall–Kier alpha value is -5.93. The van der Waals surface area contributed by atoms with Crippen molar-refractivity contribution in [2.45, 2.75) is 105 Å². The lowest BCUT2D eigenvalue weighted by Gasteiger charge is -2.46. The summed E-state index contributed by atoms with van der Waals surface area (Å²) in [5.41, 5.74) is 25.9. The Labute approximate surface area is 372 Å². The van der Waals surface area contributed by atoms with E-state index in [-0.39, 0.29) is 35.1 Å². The predicted molar refractivity (Wildman–Crippen MR) is 274 cm³/mol. The van der Waals surface area contributed by atoms with E-state index in [9.17, 15) is 0 Å². The van der Waals surface area contributed by atoms with E-state index < -0.39 is 0 Å². The summed E-state index contributed by atoms with van der Waals surface area (Å²) in [6.07, 6.45) is 0. The summed E-state index contributed by atoms with van der Waals surface area (Å²) in [6, 6.07) is 46.3. The molecule has 5 heteroatoms. The van der Waals surface area contributed by atoms with Crippen LogP contribution in [0.15, 0.2) is 115 Å². The second-order valence-corrected chi connectivity index (χ2v) is 23.5. The quantitative estimate of drug-likeness (QED) is 0.139. The van der Waals surface area contributed by atoms with E-state index in [1.165, 1.54) is 127 Å². The van der Waals surface area contributed by atoms with Crippen LogP contribution < -0.4 is 37.7 Å². The zero-order valence-corrected chi connectivity index (χ0v) is 39.0. The standard InChI is InChI=1S/C58H55B2N3/c1-55(2,3)32-22-24-44-36(26-32)38-28-34(57(7,8)9)30-42-52(38)61(44)46-18-14-20-48-50(46)59(42)40-16-13-17-41-54(40)63(48)49-21-15-19-47-51(49)60(41)43-31-35(58(10,11)12)29-39-37-27-33(56(4,5)6)23-25-45(37)62(47)53(39)43/h13-31H,1-12H3. The van der Waals surface area contributed by atoms with E-state index in [1.807, 2.05) is 0 Å². The first kappa shape index (κ1) is 37.6. The first-order valence-corrected chi connectivity index (χ1v) is 23.3. The van der Waals surface area contributed by atoms with Gasteiger partial charge in [-0.1, -0.05) is 138 Å². The summed E-state index contributed by atoms with van der Waals surface area (Å²) in [6.45, 7) is 28.5. The molecule has 0 fully saturated rings. The van der Waals surface area contributed by atoms with Crippen molar-refractivity contribution in [3.63, 3.8) is 0 Å². The van der Waals surface area contributed by atoms with Gasteiger partial charge in [-0.2, -0.15) is 0 Å². The van der Waals surface area contributed by atoms with Crippen LogP contribution in [-0.2, 0) is 21.7 Å². The summed E-state index contributed by atoms with van der Waals surface area (Å²) >= 11 is 0. The first-order valence-electron chi connectivity index (χ1n) is 23.3. The molecule has 0 amide bonds. The molecule has 6 heterocycles. The molecule has 4 aliphatic heterocycles. The number of nitrogens with zero attached hydrogens (tertiary/aromatic N) is 3. The molecule has 0 saturated heterocycles. The Balaban J connectivity index is 1.16. The second-order valence-electron chi connectivity index (χ2n) is 23.5. The molecule has 3 nitrogen and oxygen atoms in total. The van der Waals surface area contributed by atoms with E-state index in [2.05, 4.69) is 212 Å². The van der Waals surface area contributed by atoms with E-state index in [1.54, 1.807) is 0 Å². The fraction of sp³-hybridized carbons (Fsp3) is 0.276. The number of hydrogen-bond donors (Lipinski definition) is 0. The zero-order chi connectivity index (χ0) is 43.6. The van der Waals surface area contributed by atoms with Crippen molar-refractivity contribution in [3.8, 4) is 11.4 Å². The van der Waals surface area contributed by atoms with Crippen LogP contribution in [0.3, 0.4) is 0 Å². The monoisotopic (exact) mass is 815 g/mol. The van der Waals surface area contributed by atoms with Crippen LogP contribution in [0.2, 0.25) is 0 Å². The molecule has 0 N–H and O–H groups in total. The molecular formula is C58H55B2N3. The van der Waals surface area contributed by atoms with E-state index in [0.29, 0.717) is 0 Å². The van der Waals surface area contributed by atoms with Crippen molar-refractivity contribution in [2.75, 3.05) is 4.90 Å². The van der Waals surface area contributed by atoms with Gasteiger partial charge < -0.3 is 14.0 Å². The highest BCUT2D eigenvalue weighted by molar-refractivity contribution is 7.04. The molecule has 2 aromatic heterocycles. The molecule has 0 saturated carbocycles. The zero-order valence-electron chi connectivity index (χ0n) is 39.0. The Bertz CT molecular complexity index is 3340. The molecule has 0 aliphatic carbocycles. The van der Waals surface area contributed by atoms with Crippen LogP contribution in [0.25, 0.3) is 55.0 Å². The maximum atomic E-state index is 2.67. The summed E-state index contributed by atoms with van der Waals surface area (Å²) in [5.74, 6) is 0. The Morgan fingerprint density at radius 1 is 0.349 bits per heavy atom. The van der Waals surface area contributed by atoms with Gasteiger partial charge in [-0.15, -0.1) is 0 Å². The topological polar surface area (TPSA) is 13.1 Å². The minimum Gasteiger partial charge on any atom is -0.312 e. The fourth-order valence-electron chi connectivity index (χ4n) is 12.2. The van der Waals surface area contributed by atoms with Gasteiger partial charge in [-0.25, -0.2) is 0 Å². The molecule has 9 aromatic rings. The number of hydrogen-bond acceptors (Lipinski definition) is 1. The first-order chi connectivity index (χ1) is 29.8. The van der Waals surface area contributed by atoms with Crippen LogP contribution in [0.5, 0.6) is 0 Å². The third-order valence-corrected chi connectivity index (χ3v) is 15.5. The summed E-state index contributed by atoms with van der Waals surface area (Å²) in [7, 11) is 0. The SMILES string of the molecule is CC(C)(C)c1ccc2c(c1)c1cc(C(C)(C)C)cc3c1n2-c1cccc2c1B3c1cccc3c1N2c1cccc2c1B3c1cc(C(C)(C)C)cc3c4cc(C(C)(C)C)ccc4n-2c13. The average molecular weight is 816 g/mol. The van der Waals surface area contributed by atoms with Crippen molar-refractivity contribution < 1.29 is 0 Å². The molecule has 0 spiro atoms. The summed E-state index contributed by atoms with van der Waals surface area (Å²) in [4.78, 5) is 2.67. The second kappa shape index (κ2) is 11.6. The van der Waals surface area contributed by atoms with Gasteiger partial charge in [-0.3, -0.25) is 0 Å². The Kier molecular flexibility index (Phi) is 6.93. The van der Waals surface area contributed by atoms with E-state index in [4.69, 9.17) is 0 Å². The van der Waals surface area contributed by atoms with Gasteiger partial charge in [-0.05, 0) is 137 Å². The number of para-hydroxylation sites is 1. The average Bonchev–Trinajstić information content (AvgIpc) is 3.74. The van der Waals surface area contributed by atoms with Crippen LogP contribution in [0, 0.1) is 0 Å². The van der Waals surface area contributed by atoms with Gasteiger partial charge in [0.05, 0.1) is 11.0 Å². The third kappa shape index (κ3) is 4.73. The van der Waals surface area contributed by atoms with Crippen LogP contribution >= 0.6 is 0 Å². The minimum absolute atomic E-state index is 0.0235. The maximum Gasteiger partial charge on any atom is 0.252 e. The molecule has 308 valence electrons. The van der Waals surface area contributed by atoms with Crippen LogP contribution in [-0.4, -0.2) is 22.6 Å². The van der Waals surface area contributed by atoms with Crippen LogP contribution in [0.4, 0.5) is 17.1 Å². The van der Waals surface area contributed by atoms with Gasteiger partial charge in [0, 0.05) is 61.0 Å². The van der Waals surface area contributed by atoms with Crippen molar-refractivity contribution >= 4 is 107 Å². The molecule has 4 aliphatic rings. The molecule has 0 unspecified atom stereocenters. The van der Waals surface area contributed by atoms with Gasteiger partial charge in [0.25, 0.3) is 13.4 Å². The van der Waals surface area contributed by atoms with E-state index >= 15 is 0 Å². The maximum absolute atomic E-state index is 2.67. The van der Waals surface area contributed by atoms with Gasteiger partial charge in [0.1, 0.15) is 0 Å². The number of benzene rings is 7. The fourth-order valence-corrected chi connectivity index (χ4v) is 12.2. The molecule has 7 aromatic carbocycles. The van der Waals surface area contributed by atoms with Crippen LogP contribution in [0.1, 0.15) is 105 Å². The predicted octanol–water partition coefficient (Wildman–Crippen LogP) is 10.8. The third-order valence-electron chi connectivity index (χ3n) is 15.5. The number of anilines is 3. The molecule has 0 bridgehead atoms. The van der Waals surface area contributed by atoms with Crippen molar-refractivity contribution in [1.82, 2.24) is 9.13 Å². The van der Waals surface area contributed by atoms with Crippen molar-refractivity contribution in [3.05, 3.63) is 138 Å². The summed E-state index contributed by atoms with van der Waals surface area (Å²) < 4.78 is 5.24. The minimum atomic E-state index is -0.0235. The Morgan fingerprint density at radius 3 is 1.11 bits per heavy atom.